The van der Waals surface area contributed by atoms with Gasteiger partial charge in [0.1, 0.15) is 0 Å². The number of allylic oxidation sites excluding steroid dienone is 2. The van der Waals surface area contributed by atoms with Gasteiger partial charge in [-0.15, -0.1) is 11.6 Å². The number of hydrogen-bond acceptors (Lipinski definition) is 2. The Bertz CT molecular complexity index is 820. The largest absolute Gasteiger partial charge is 0.223 e. The molecule has 0 saturated heterocycles. The number of hydrogen-bond donors (Lipinski definition) is 0. The molecule has 0 amide bonds. The second-order valence-corrected chi connectivity index (χ2v) is 8.29. The Labute approximate surface area is 155 Å². The zero-order chi connectivity index (χ0) is 18.1. The summed E-state index contributed by atoms with van der Waals surface area (Å²) in [5.41, 5.74) is 3.02. The van der Waals surface area contributed by atoms with Crippen LogP contribution in [0.4, 0.5) is 0 Å². The second-order valence-electron chi connectivity index (χ2n) is 5.92. The second kappa shape index (κ2) is 9.59. The fourth-order valence-corrected chi connectivity index (χ4v) is 4.14. The minimum Gasteiger partial charge on any atom is -0.223 e. The van der Waals surface area contributed by atoms with Gasteiger partial charge >= 0.3 is 0 Å². The number of benzene rings is 2. The van der Waals surface area contributed by atoms with Gasteiger partial charge in [-0.05, 0) is 37.5 Å². The van der Waals surface area contributed by atoms with Crippen molar-refractivity contribution in [3.05, 3.63) is 83.4 Å². The molecule has 0 atom stereocenters. The normalized spacial score (nSPS) is 12.6. The molecule has 0 aliphatic heterocycles. The Morgan fingerprint density at radius 2 is 1.72 bits per heavy atom. The number of rotatable bonds is 8. The van der Waals surface area contributed by atoms with Gasteiger partial charge in [0, 0.05) is 5.88 Å². The van der Waals surface area contributed by atoms with Crippen LogP contribution in [-0.4, -0.2) is 20.1 Å². The van der Waals surface area contributed by atoms with Crippen LogP contribution >= 0.6 is 11.6 Å². The quantitative estimate of drug-likeness (QED) is 0.456. The highest BCUT2D eigenvalue weighted by atomic mass is 35.5. The van der Waals surface area contributed by atoms with Crippen molar-refractivity contribution in [1.82, 2.24) is 0 Å². The molecule has 25 heavy (non-hydrogen) atoms. The smallest absolute Gasteiger partial charge is 0.182 e. The van der Waals surface area contributed by atoms with Crippen molar-refractivity contribution in [3.8, 4) is 0 Å². The van der Waals surface area contributed by atoms with Crippen molar-refractivity contribution in [1.29, 1.82) is 0 Å². The first-order chi connectivity index (χ1) is 12.0. The van der Waals surface area contributed by atoms with Crippen LogP contribution in [0.3, 0.4) is 0 Å². The molecule has 2 nitrogen and oxygen atoms in total. The SMILES string of the molecule is Cc1ccc(S(=O)(=O)C/C(=C/C/C=C/c2ccccc2)CCCl)cc1. The molecule has 0 fully saturated rings. The Kier molecular flexibility index (Phi) is 7.48. The molecular weight excluding hydrogens is 352 g/mol. The number of aryl methyl sites for hydroxylation is 1. The highest BCUT2D eigenvalue weighted by Crippen LogP contribution is 2.17. The van der Waals surface area contributed by atoms with Gasteiger partial charge in [0.25, 0.3) is 0 Å². The van der Waals surface area contributed by atoms with Crippen LogP contribution in [0, 0.1) is 6.92 Å². The molecule has 0 saturated carbocycles. The van der Waals surface area contributed by atoms with E-state index < -0.39 is 9.84 Å². The molecule has 2 aromatic carbocycles. The standard InChI is InChI=1S/C21H23ClO2S/c1-18-11-13-21(14-12-18)25(23,24)17-20(15-16-22)10-6-5-9-19-7-3-2-4-8-19/h2-5,7-14H,6,15-17H2,1H3/b9-5+,20-10+. The van der Waals surface area contributed by atoms with E-state index in [9.17, 15) is 8.42 Å². The molecule has 2 aromatic rings. The molecule has 132 valence electrons. The maximum atomic E-state index is 12.6. The molecule has 2 rings (SSSR count). The lowest BCUT2D eigenvalue weighted by Gasteiger charge is -2.08. The van der Waals surface area contributed by atoms with E-state index in [0.717, 1.165) is 16.7 Å². The number of sulfone groups is 1. The van der Waals surface area contributed by atoms with Gasteiger partial charge < -0.3 is 0 Å². The van der Waals surface area contributed by atoms with Gasteiger partial charge in [-0.2, -0.15) is 0 Å². The third-order valence-electron chi connectivity index (χ3n) is 3.82. The minimum absolute atomic E-state index is 0.0158. The van der Waals surface area contributed by atoms with E-state index in [2.05, 4.69) is 0 Å². The van der Waals surface area contributed by atoms with Crippen LogP contribution in [0.1, 0.15) is 24.0 Å². The van der Waals surface area contributed by atoms with Crippen molar-refractivity contribution in [2.45, 2.75) is 24.7 Å². The van der Waals surface area contributed by atoms with E-state index in [1.165, 1.54) is 0 Å². The molecule has 0 radical (unpaired) electrons. The summed E-state index contributed by atoms with van der Waals surface area (Å²) in [5, 5.41) is 0. The fraction of sp³-hybridized carbons (Fsp3) is 0.238. The maximum absolute atomic E-state index is 12.6. The van der Waals surface area contributed by atoms with Crippen LogP contribution in [0.15, 0.2) is 77.2 Å². The van der Waals surface area contributed by atoms with Crippen LogP contribution < -0.4 is 0 Å². The lowest BCUT2D eigenvalue weighted by atomic mass is 10.1. The number of alkyl halides is 1. The molecular formula is C21H23ClO2S. The fourth-order valence-electron chi connectivity index (χ4n) is 2.43. The van der Waals surface area contributed by atoms with Gasteiger partial charge in [0.2, 0.25) is 0 Å². The summed E-state index contributed by atoms with van der Waals surface area (Å²) in [6.45, 7) is 1.94. The van der Waals surface area contributed by atoms with Crippen LogP contribution in [-0.2, 0) is 9.84 Å². The van der Waals surface area contributed by atoms with E-state index >= 15 is 0 Å². The predicted molar refractivity (Wildman–Crippen MR) is 107 cm³/mol. The van der Waals surface area contributed by atoms with Gasteiger partial charge in [0.05, 0.1) is 10.6 Å². The topological polar surface area (TPSA) is 34.1 Å². The third-order valence-corrected chi connectivity index (χ3v) is 5.75. The Balaban J connectivity index is 2.06. The molecule has 0 N–H and O–H groups in total. The lowest BCUT2D eigenvalue weighted by molar-refractivity contribution is 0.597. The molecule has 0 aliphatic rings. The number of halogens is 1. The Morgan fingerprint density at radius 3 is 2.36 bits per heavy atom. The van der Waals surface area contributed by atoms with Crippen molar-refractivity contribution >= 4 is 27.5 Å². The van der Waals surface area contributed by atoms with Gasteiger partial charge in [0.15, 0.2) is 9.84 Å². The Morgan fingerprint density at radius 1 is 1.04 bits per heavy atom. The summed E-state index contributed by atoms with van der Waals surface area (Å²) in [7, 11) is -3.34. The highest BCUT2D eigenvalue weighted by Gasteiger charge is 2.16. The summed E-state index contributed by atoms with van der Waals surface area (Å²) in [6, 6.07) is 17.0. The van der Waals surface area contributed by atoms with Gasteiger partial charge in [-0.3, -0.25) is 0 Å². The highest BCUT2D eigenvalue weighted by molar-refractivity contribution is 7.91. The molecule has 0 aromatic heterocycles. The van der Waals surface area contributed by atoms with E-state index in [4.69, 9.17) is 11.6 Å². The average molecular weight is 375 g/mol. The van der Waals surface area contributed by atoms with Crippen molar-refractivity contribution in [3.63, 3.8) is 0 Å². The van der Waals surface area contributed by atoms with Crippen LogP contribution in [0.25, 0.3) is 6.08 Å². The summed E-state index contributed by atoms with van der Waals surface area (Å²) < 4.78 is 25.2. The molecule has 0 unspecified atom stereocenters. The third kappa shape index (κ3) is 6.52. The van der Waals surface area contributed by atoms with Gasteiger partial charge in [-0.25, -0.2) is 8.42 Å². The van der Waals surface area contributed by atoms with Crippen LogP contribution in [0.2, 0.25) is 0 Å². The maximum Gasteiger partial charge on any atom is 0.182 e. The van der Waals surface area contributed by atoms with Crippen molar-refractivity contribution in [2.24, 2.45) is 0 Å². The monoisotopic (exact) mass is 374 g/mol. The van der Waals surface area contributed by atoms with E-state index in [-0.39, 0.29) is 5.75 Å². The summed E-state index contributed by atoms with van der Waals surface area (Å²) in [6.07, 6.45) is 7.29. The first kappa shape index (κ1) is 19.5. The lowest BCUT2D eigenvalue weighted by Crippen LogP contribution is -2.09. The zero-order valence-electron chi connectivity index (χ0n) is 14.4. The van der Waals surface area contributed by atoms with Crippen LogP contribution in [0.5, 0.6) is 0 Å². The van der Waals surface area contributed by atoms with E-state index in [1.54, 1.807) is 12.1 Å². The average Bonchev–Trinajstić information content (AvgIpc) is 2.60. The van der Waals surface area contributed by atoms with Crippen molar-refractivity contribution in [2.75, 3.05) is 11.6 Å². The molecule has 4 heteroatoms. The minimum atomic E-state index is -3.34. The molecule has 0 aliphatic carbocycles. The zero-order valence-corrected chi connectivity index (χ0v) is 15.9. The summed E-state index contributed by atoms with van der Waals surface area (Å²) in [5.74, 6) is 0.430. The predicted octanol–water partition coefficient (Wildman–Crippen LogP) is 5.43. The van der Waals surface area contributed by atoms with Gasteiger partial charge in [-0.1, -0.05) is 71.8 Å². The van der Waals surface area contributed by atoms with E-state index in [1.807, 2.05) is 67.6 Å². The summed E-state index contributed by atoms with van der Waals surface area (Å²) in [4.78, 5) is 0.360. The summed E-state index contributed by atoms with van der Waals surface area (Å²) >= 11 is 5.85. The first-order valence-electron chi connectivity index (χ1n) is 8.26. The van der Waals surface area contributed by atoms with E-state index in [0.29, 0.717) is 23.6 Å². The van der Waals surface area contributed by atoms with Crippen molar-refractivity contribution < 1.29 is 8.42 Å². The molecule has 0 heterocycles. The molecule has 0 spiro atoms. The first-order valence-corrected chi connectivity index (χ1v) is 10.4. The molecule has 0 bridgehead atoms. The Hall–Kier alpha value is -1.84.